The van der Waals surface area contributed by atoms with Crippen molar-refractivity contribution in [3.63, 3.8) is 0 Å². The van der Waals surface area contributed by atoms with E-state index in [0.29, 0.717) is 23.5 Å². The summed E-state index contributed by atoms with van der Waals surface area (Å²) in [6, 6.07) is 5.57. The van der Waals surface area contributed by atoms with E-state index in [1.54, 1.807) is 31.6 Å². The Morgan fingerprint density at radius 1 is 1.21 bits per heavy atom. The van der Waals surface area contributed by atoms with Crippen molar-refractivity contribution >= 4 is 40.5 Å². The average Bonchev–Trinajstić information content (AvgIpc) is 3.17. The van der Waals surface area contributed by atoms with E-state index in [2.05, 4.69) is 15.3 Å². The second-order valence-corrected chi connectivity index (χ2v) is 7.73. The molecule has 0 radical (unpaired) electrons. The maximum atomic E-state index is 12.7. The number of nitrogens with zero attached hydrogens (tertiary/aromatic N) is 4. The summed E-state index contributed by atoms with van der Waals surface area (Å²) in [5.41, 5.74) is 2.58. The molecule has 1 saturated heterocycles. The molecular formula is C20H21N5O3S. The first-order valence-corrected chi connectivity index (χ1v) is 10.5. The Bertz CT molecular complexity index is 1050. The highest BCUT2D eigenvalue weighted by Gasteiger charge is 2.19. The highest BCUT2D eigenvalue weighted by Crippen LogP contribution is 2.22. The summed E-state index contributed by atoms with van der Waals surface area (Å²) in [5.74, 6) is 1.97. The summed E-state index contributed by atoms with van der Waals surface area (Å²) in [7, 11) is 0. The average molecular weight is 411 g/mol. The molecule has 3 aromatic rings. The van der Waals surface area contributed by atoms with Gasteiger partial charge in [0, 0.05) is 42.4 Å². The molecule has 8 nitrogen and oxygen atoms in total. The molecule has 150 valence electrons. The van der Waals surface area contributed by atoms with E-state index >= 15 is 0 Å². The number of thioether (sulfide) groups is 1. The van der Waals surface area contributed by atoms with Gasteiger partial charge in [-0.1, -0.05) is 0 Å². The number of hydrogen-bond donors (Lipinski definition) is 1. The standard InChI is InChI=1S/C20H21N5O3S/c1-2-28-20(27)23-16-10-17(13-21-12-16)25-4-3-14-9-15(11-22-18(14)25)19(26)24-5-7-29-8-6-24/h3-4,9-13H,2,5-8H2,1H3,(H,23,27). The molecule has 29 heavy (non-hydrogen) atoms. The van der Waals surface area contributed by atoms with Gasteiger partial charge in [-0.25, -0.2) is 9.78 Å². The van der Waals surface area contributed by atoms with Crippen LogP contribution in [0.4, 0.5) is 10.5 Å². The number of carbonyl (C=O) groups is 2. The fourth-order valence-electron chi connectivity index (χ4n) is 3.21. The van der Waals surface area contributed by atoms with Gasteiger partial charge in [0.05, 0.1) is 35.9 Å². The number of pyridine rings is 2. The second-order valence-electron chi connectivity index (χ2n) is 6.50. The van der Waals surface area contributed by atoms with Crippen LogP contribution < -0.4 is 5.32 Å². The third-order valence-corrected chi connectivity index (χ3v) is 5.54. The topological polar surface area (TPSA) is 89.3 Å². The normalized spacial score (nSPS) is 14.0. The van der Waals surface area contributed by atoms with Gasteiger partial charge in [0.25, 0.3) is 5.91 Å². The predicted octanol–water partition coefficient (Wildman–Crippen LogP) is 3.18. The van der Waals surface area contributed by atoms with Crippen molar-refractivity contribution in [2.45, 2.75) is 6.92 Å². The van der Waals surface area contributed by atoms with Gasteiger partial charge in [0.15, 0.2) is 0 Å². The molecule has 0 unspecified atom stereocenters. The Morgan fingerprint density at radius 3 is 2.83 bits per heavy atom. The number of ether oxygens (including phenoxy) is 1. The summed E-state index contributed by atoms with van der Waals surface area (Å²) in [5, 5.41) is 3.51. The van der Waals surface area contributed by atoms with Crippen molar-refractivity contribution in [3.05, 3.63) is 48.5 Å². The van der Waals surface area contributed by atoms with Gasteiger partial charge in [0.1, 0.15) is 5.65 Å². The third kappa shape index (κ3) is 4.19. The highest BCUT2D eigenvalue weighted by atomic mass is 32.2. The maximum Gasteiger partial charge on any atom is 0.411 e. The minimum atomic E-state index is -0.527. The van der Waals surface area contributed by atoms with Crippen LogP contribution in [-0.2, 0) is 4.74 Å². The lowest BCUT2D eigenvalue weighted by Crippen LogP contribution is -2.37. The lowest BCUT2D eigenvalue weighted by atomic mass is 10.2. The summed E-state index contributed by atoms with van der Waals surface area (Å²) in [6.45, 7) is 3.58. The van der Waals surface area contributed by atoms with E-state index < -0.39 is 6.09 Å². The molecule has 4 rings (SSSR count). The number of aromatic nitrogens is 3. The van der Waals surface area contributed by atoms with Crippen molar-refractivity contribution in [1.82, 2.24) is 19.4 Å². The predicted molar refractivity (Wildman–Crippen MR) is 113 cm³/mol. The van der Waals surface area contributed by atoms with Crippen LogP contribution in [0.15, 0.2) is 43.0 Å². The van der Waals surface area contributed by atoms with E-state index in [0.717, 1.165) is 35.7 Å². The van der Waals surface area contributed by atoms with Crippen molar-refractivity contribution in [2.24, 2.45) is 0 Å². The van der Waals surface area contributed by atoms with E-state index in [1.807, 2.05) is 39.6 Å². The zero-order valence-corrected chi connectivity index (χ0v) is 16.8. The number of hydrogen-bond acceptors (Lipinski definition) is 6. The first kappa shape index (κ1) is 19.3. The maximum absolute atomic E-state index is 12.7. The Kier molecular flexibility index (Phi) is 5.66. The van der Waals surface area contributed by atoms with Crippen molar-refractivity contribution < 1.29 is 14.3 Å². The number of rotatable bonds is 4. The molecule has 0 aliphatic carbocycles. The molecule has 4 heterocycles. The lowest BCUT2D eigenvalue weighted by Gasteiger charge is -2.26. The fraction of sp³-hybridized carbons (Fsp3) is 0.300. The Hall–Kier alpha value is -3.07. The van der Waals surface area contributed by atoms with Crippen LogP contribution in [0, 0.1) is 0 Å². The minimum Gasteiger partial charge on any atom is -0.450 e. The Labute approximate surface area is 172 Å². The lowest BCUT2D eigenvalue weighted by molar-refractivity contribution is 0.0772. The zero-order chi connectivity index (χ0) is 20.2. The molecule has 1 N–H and O–H groups in total. The molecule has 0 bridgehead atoms. The summed E-state index contributed by atoms with van der Waals surface area (Å²) < 4.78 is 6.76. The summed E-state index contributed by atoms with van der Waals surface area (Å²) in [6.07, 6.45) is 6.20. The van der Waals surface area contributed by atoms with Gasteiger partial charge in [-0.3, -0.25) is 19.7 Å². The van der Waals surface area contributed by atoms with Crippen LogP contribution in [-0.4, -0.2) is 62.6 Å². The molecule has 0 aromatic carbocycles. The highest BCUT2D eigenvalue weighted by molar-refractivity contribution is 7.99. The monoisotopic (exact) mass is 411 g/mol. The molecule has 0 spiro atoms. The van der Waals surface area contributed by atoms with Gasteiger partial charge in [-0.05, 0) is 25.1 Å². The SMILES string of the molecule is CCOC(=O)Nc1cncc(-n2ccc3cc(C(=O)N4CCSCC4)cnc32)c1. The van der Waals surface area contributed by atoms with Crippen LogP contribution in [0.3, 0.4) is 0 Å². The molecule has 3 aromatic heterocycles. The Balaban J connectivity index is 1.59. The molecule has 9 heteroatoms. The first-order valence-electron chi connectivity index (χ1n) is 9.39. The van der Waals surface area contributed by atoms with E-state index in [1.165, 1.54) is 0 Å². The quantitative estimate of drug-likeness (QED) is 0.709. The molecule has 0 saturated carbocycles. The molecule has 0 atom stereocenters. The number of nitrogens with one attached hydrogen (secondary N) is 1. The van der Waals surface area contributed by atoms with Gasteiger partial charge >= 0.3 is 6.09 Å². The smallest absolute Gasteiger partial charge is 0.411 e. The van der Waals surface area contributed by atoms with Gasteiger partial charge in [0.2, 0.25) is 0 Å². The molecule has 1 aliphatic rings. The van der Waals surface area contributed by atoms with Crippen LogP contribution in [0.2, 0.25) is 0 Å². The Morgan fingerprint density at radius 2 is 2.03 bits per heavy atom. The van der Waals surface area contributed by atoms with Crippen molar-refractivity contribution in [1.29, 1.82) is 0 Å². The first-order chi connectivity index (χ1) is 14.2. The number of anilines is 1. The zero-order valence-electron chi connectivity index (χ0n) is 16.0. The molecular weight excluding hydrogens is 390 g/mol. The summed E-state index contributed by atoms with van der Waals surface area (Å²) >= 11 is 1.87. The van der Waals surface area contributed by atoms with Crippen LogP contribution >= 0.6 is 11.8 Å². The van der Waals surface area contributed by atoms with Crippen LogP contribution in [0.25, 0.3) is 16.7 Å². The van der Waals surface area contributed by atoms with E-state index in [-0.39, 0.29) is 5.91 Å². The van der Waals surface area contributed by atoms with Crippen LogP contribution in [0.1, 0.15) is 17.3 Å². The largest absolute Gasteiger partial charge is 0.450 e. The number of carbonyl (C=O) groups excluding carboxylic acids is 2. The molecule has 1 fully saturated rings. The van der Waals surface area contributed by atoms with E-state index in [4.69, 9.17) is 4.74 Å². The minimum absolute atomic E-state index is 0.0229. The fourth-order valence-corrected chi connectivity index (χ4v) is 4.11. The second kappa shape index (κ2) is 8.52. The van der Waals surface area contributed by atoms with Crippen molar-refractivity contribution in [3.8, 4) is 5.69 Å². The van der Waals surface area contributed by atoms with Gasteiger partial charge in [-0.15, -0.1) is 0 Å². The van der Waals surface area contributed by atoms with Crippen LogP contribution in [0.5, 0.6) is 0 Å². The van der Waals surface area contributed by atoms with Gasteiger partial charge in [-0.2, -0.15) is 11.8 Å². The molecule has 2 amide bonds. The molecule has 1 aliphatic heterocycles. The number of amides is 2. The van der Waals surface area contributed by atoms with E-state index in [9.17, 15) is 9.59 Å². The number of fused-ring (bicyclic) bond motifs is 1. The third-order valence-electron chi connectivity index (χ3n) is 4.60. The summed E-state index contributed by atoms with van der Waals surface area (Å²) in [4.78, 5) is 35.0. The van der Waals surface area contributed by atoms with Gasteiger partial charge < -0.3 is 9.64 Å². The van der Waals surface area contributed by atoms with Crippen molar-refractivity contribution in [2.75, 3.05) is 36.5 Å².